The molecule has 1 aliphatic rings. The van der Waals surface area contributed by atoms with Gasteiger partial charge in [-0.25, -0.2) is 4.99 Å². The normalized spacial score (nSPS) is 16.1. The lowest BCUT2D eigenvalue weighted by molar-refractivity contribution is 0.0674. The summed E-state index contributed by atoms with van der Waals surface area (Å²) in [6.45, 7) is 3.77. The summed E-state index contributed by atoms with van der Waals surface area (Å²) in [5, 5.41) is 0. The van der Waals surface area contributed by atoms with E-state index in [1.807, 2.05) is 0 Å². The largest absolute Gasteiger partial charge is 0.378 e. The van der Waals surface area contributed by atoms with Gasteiger partial charge in [-0.15, -0.1) is 35.7 Å². The van der Waals surface area contributed by atoms with E-state index in [9.17, 15) is 0 Å². The van der Waals surface area contributed by atoms with Gasteiger partial charge < -0.3 is 15.4 Å². The van der Waals surface area contributed by atoms with Crippen LogP contribution in [0, 0.1) is 0 Å². The van der Waals surface area contributed by atoms with Crippen LogP contribution >= 0.6 is 35.7 Å². The first-order chi connectivity index (χ1) is 8.79. The second-order valence-electron chi connectivity index (χ2n) is 4.12. The van der Waals surface area contributed by atoms with Gasteiger partial charge in [-0.3, -0.25) is 0 Å². The van der Waals surface area contributed by atoms with Gasteiger partial charge in [0.05, 0.1) is 19.8 Å². The monoisotopic (exact) mass is 393 g/mol. The molecular weight excluding hydrogens is 373 g/mol. The zero-order valence-corrected chi connectivity index (χ0v) is 14.2. The Kier molecular flexibility index (Phi) is 7.55. The van der Waals surface area contributed by atoms with Crippen molar-refractivity contribution in [2.45, 2.75) is 11.4 Å². The molecule has 106 valence electrons. The summed E-state index contributed by atoms with van der Waals surface area (Å²) in [6, 6.07) is 8.42. The number of guanidine groups is 1. The molecule has 0 saturated carbocycles. The number of thioether (sulfide) groups is 1. The number of ether oxygens (including phenoxy) is 1. The van der Waals surface area contributed by atoms with Crippen molar-refractivity contribution in [2.75, 3.05) is 32.6 Å². The number of benzene rings is 1. The summed E-state index contributed by atoms with van der Waals surface area (Å²) < 4.78 is 5.28. The van der Waals surface area contributed by atoms with E-state index in [4.69, 9.17) is 10.5 Å². The van der Waals surface area contributed by atoms with Crippen molar-refractivity contribution >= 4 is 41.7 Å². The fraction of sp³-hybridized carbons (Fsp3) is 0.462. The van der Waals surface area contributed by atoms with Crippen LogP contribution in [0.4, 0.5) is 0 Å². The molecule has 2 rings (SSSR count). The van der Waals surface area contributed by atoms with Crippen LogP contribution in [0.1, 0.15) is 5.56 Å². The molecule has 1 heterocycles. The molecule has 0 aromatic heterocycles. The van der Waals surface area contributed by atoms with E-state index < -0.39 is 0 Å². The smallest absolute Gasteiger partial charge is 0.191 e. The Morgan fingerprint density at radius 3 is 2.53 bits per heavy atom. The number of hydrogen-bond acceptors (Lipinski definition) is 3. The first-order valence-electron chi connectivity index (χ1n) is 6.05. The second kappa shape index (κ2) is 8.65. The molecule has 1 aromatic carbocycles. The Morgan fingerprint density at radius 2 is 1.95 bits per heavy atom. The molecule has 0 atom stereocenters. The lowest BCUT2D eigenvalue weighted by atomic mass is 10.2. The summed E-state index contributed by atoms with van der Waals surface area (Å²) in [6.07, 6.45) is 2.07. The molecule has 0 amide bonds. The maximum atomic E-state index is 5.97. The van der Waals surface area contributed by atoms with Crippen molar-refractivity contribution in [3.63, 3.8) is 0 Å². The Balaban J connectivity index is 0.00000180. The van der Waals surface area contributed by atoms with E-state index in [0.717, 1.165) is 26.3 Å². The van der Waals surface area contributed by atoms with Crippen LogP contribution in [-0.2, 0) is 11.3 Å². The summed E-state index contributed by atoms with van der Waals surface area (Å²) >= 11 is 1.74. The van der Waals surface area contributed by atoms with Crippen molar-refractivity contribution in [3.8, 4) is 0 Å². The number of nitrogens with zero attached hydrogens (tertiary/aromatic N) is 2. The molecule has 0 unspecified atom stereocenters. The van der Waals surface area contributed by atoms with Crippen molar-refractivity contribution in [3.05, 3.63) is 29.8 Å². The lowest BCUT2D eigenvalue weighted by Crippen LogP contribution is -2.44. The number of nitrogens with two attached hydrogens (primary N) is 1. The quantitative estimate of drug-likeness (QED) is 0.370. The summed E-state index contributed by atoms with van der Waals surface area (Å²) in [5.74, 6) is 0.618. The van der Waals surface area contributed by atoms with E-state index in [1.54, 1.807) is 11.8 Å². The molecule has 1 aromatic rings. The molecule has 6 heteroatoms. The van der Waals surface area contributed by atoms with E-state index in [1.165, 1.54) is 10.5 Å². The molecule has 0 aliphatic carbocycles. The third kappa shape index (κ3) is 5.19. The van der Waals surface area contributed by atoms with Gasteiger partial charge in [0, 0.05) is 18.0 Å². The predicted molar refractivity (Wildman–Crippen MR) is 91.4 cm³/mol. The SMILES string of the molecule is CSc1ccc(CN=C(N)N2CCOCC2)cc1.I. The standard InChI is InChI=1S/C13H19N3OS.HI/c1-18-12-4-2-11(3-5-12)10-15-13(14)16-6-8-17-9-7-16;/h2-5H,6-10H2,1H3,(H2,14,15);1H. The van der Waals surface area contributed by atoms with Gasteiger partial charge in [-0.05, 0) is 24.0 Å². The first kappa shape index (κ1) is 16.6. The molecule has 0 radical (unpaired) electrons. The molecule has 19 heavy (non-hydrogen) atoms. The molecule has 4 nitrogen and oxygen atoms in total. The van der Waals surface area contributed by atoms with Gasteiger partial charge in [-0.1, -0.05) is 12.1 Å². The fourth-order valence-electron chi connectivity index (χ4n) is 1.80. The van der Waals surface area contributed by atoms with Gasteiger partial charge in [0.25, 0.3) is 0 Å². The summed E-state index contributed by atoms with van der Waals surface area (Å²) in [4.78, 5) is 7.77. The number of aliphatic imine (C=N–C) groups is 1. The zero-order valence-electron chi connectivity index (χ0n) is 11.0. The molecule has 0 spiro atoms. The highest BCUT2D eigenvalue weighted by Crippen LogP contribution is 2.15. The number of rotatable bonds is 3. The average Bonchev–Trinajstić information content (AvgIpc) is 2.46. The third-order valence-corrected chi connectivity index (χ3v) is 3.66. The molecular formula is C13H20IN3OS. The third-order valence-electron chi connectivity index (χ3n) is 2.92. The average molecular weight is 393 g/mol. The van der Waals surface area contributed by atoms with E-state index in [2.05, 4.69) is 40.4 Å². The number of hydrogen-bond donors (Lipinski definition) is 1. The van der Waals surface area contributed by atoms with Gasteiger partial charge >= 0.3 is 0 Å². The Bertz CT molecular complexity index is 405. The minimum atomic E-state index is 0. The van der Waals surface area contributed by atoms with Gasteiger partial charge in [-0.2, -0.15) is 0 Å². The van der Waals surface area contributed by atoms with Gasteiger partial charge in [0.1, 0.15) is 0 Å². The Labute approximate surface area is 135 Å². The molecule has 2 N–H and O–H groups in total. The molecule has 0 bridgehead atoms. The van der Waals surface area contributed by atoms with Crippen molar-refractivity contribution in [1.29, 1.82) is 0 Å². The topological polar surface area (TPSA) is 50.8 Å². The van der Waals surface area contributed by atoms with E-state index >= 15 is 0 Å². The number of morpholine rings is 1. The minimum Gasteiger partial charge on any atom is -0.378 e. The number of halogens is 1. The maximum absolute atomic E-state index is 5.97. The zero-order chi connectivity index (χ0) is 12.8. The van der Waals surface area contributed by atoms with Crippen LogP contribution in [0.3, 0.4) is 0 Å². The molecule has 1 fully saturated rings. The highest BCUT2D eigenvalue weighted by Gasteiger charge is 2.11. The first-order valence-corrected chi connectivity index (χ1v) is 7.27. The second-order valence-corrected chi connectivity index (χ2v) is 5.00. The lowest BCUT2D eigenvalue weighted by Gasteiger charge is -2.27. The molecule has 1 saturated heterocycles. The summed E-state index contributed by atoms with van der Waals surface area (Å²) in [5.41, 5.74) is 7.15. The van der Waals surface area contributed by atoms with Crippen LogP contribution in [0.15, 0.2) is 34.2 Å². The highest BCUT2D eigenvalue weighted by atomic mass is 127. The Morgan fingerprint density at radius 1 is 1.32 bits per heavy atom. The maximum Gasteiger partial charge on any atom is 0.191 e. The van der Waals surface area contributed by atoms with E-state index in [-0.39, 0.29) is 24.0 Å². The Hall–Kier alpha value is -0.470. The minimum absolute atomic E-state index is 0. The van der Waals surface area contributed by atoms with Crippen molar-refractivity contribution in [1.82, 2.24) is 4.90 Å². The van der Waals surface area contributed by atoms with Gasteiger partial charge in [0.2, 0.25) is 0 Å². The van der Waals surface area contributed by atoms with Crippen LogP contribution in [0.2, 0.25) is 0 Å². The van der Waals surface area contributed by atoms with Crippen molar-refractivity contribution in [2.24, 2.45) is 10.7 Å². The van der Waals surface area contributed by atoms with Crippen LogP contribution in [0.25, 0.3) is 0 Å². The molecule has 1 aliphatic heterocycles. The van der Waals surface area contributed by atoms with Crippen LogP contribution in [-0.4, -0.2) is 43.4 Å². The van der Waals surface area contributed by atoms with E-state index in [0.29, 0.717) is 12.5 Å². The fourth-order valence-corrected chi connectivity index (χ4v) is 2.20. The summed E-state index contributed by atoms with van der Waals surface area (Å²) in [7, 11) is 0. The van der Waals surface area contributed by atoms with Crippen LogP contribution in [0.5, 0.6) is 0 Å². The highest BCUT2D eigenvalue weighted by molar-refractivity contribution is 14.0. The van der Waals surface area contributed by atoms with Crippen LogP contribution < -0.4 is 5.73 Å². The van der Waals surface area contributed by atoms with Gasteiger partial charge in [0.15, 0.2) is 5.96 Å². The van der Waals surface area contributed by atoms with Crippen molar-refractivity contribution < 1.29 is 4.74 Å². The predicted octanol–water partition coefficient (Wildman–Crippen LogP) is 2.17.